The van der Waals surface area contributed by atoms with Gasteiger partial charge >= 0.3 is 0 Å². The second-order valence-corrected chi connectivity index (χ2v) is 11.7. The SMILES string of the molecule is CO[C@@]12C=CC3(C[C@@H]1C(C)(C)O)[C@H]1Cc4ccc(O)c5c4[C@@]3(CCN1CC1CC1)[C@H]2O5. The lowest BCUT2D eigenvalue weighted by Crippen LogP contribution is -2.80. The highest BCUT2D eigenvalue weighted by atomic mass is 16.6. The standard InChI is InChI=1S/C26H33NO4/c1-23(2,29)18-13-24-8-9-26(18,30-3)22-25(24)10-11-27(14-15-4-5-15)19(24)12-16-6-7-17(28)21(31-22)20(16)25/h6-9,15,18-19,22,28-29H,4-5,10-14H2,1-3H3/t18-,19-,22-,24?,25+,26+/m1/s1. The predicted molar refractivity (Wildman–Crippen MR) is 116 cm³/mol. The van der Waals surface area contributed by atoms with Crippen molar-refractivity contribution in [2.45, 2.75) is 74.7 Å². The maximum atomic E-state index is 11.3. The van der Waals surface area contributed by atoms with Crippen molar-refractivity contribution in [1.82, 2.24) is 4.90 Å². The molecule has 6 atom stereocenters. The number of aromatic hydroxyl groups is 1. The summed E-state index contributed by atoms with van der Waals surface area (Å²) in [6.07, 6.45) is 10.0. The predicted octanol–water partition coefficient (Wildman–Crippen LogP) is 3.16. The lowest BCUT2D eigenvalue weighted by atomic mass is 9.36. The highest BCUT2D eigenvalue weighted by molar-refractivity contribution is 5.65. The summed E-state index contributed by atoms with van der Waals surface area (Å²) >= 11 is 0. The third-order valence-corrected chi connectivity index (χ3v) is 9.96. The van der Waals surface area contributed by atoms with E-state index in [0.717, 1.165) is 31.7 Å². The van der Waals surface area contributed by atoms with Crippen molar-refractivity contribution < 1.29 is 19.7 Å². The van der Waals surface area contributed by atoms with Crippen molar-refractivity contribution in [2.75, 3.05) is 20.2 Å². The zero-order chi connectivity index (χ0) is 21.4. The third kappa shape index (κ3) is 1.97. The summed E-state index contributed by atoms with van der Waals surface area (Å²) in [5.74, 6) is 1.68. The molecule has 2 aliphatic heterocycles. The normalized spacial score (nSPS) is 44.3. The van der Waals surface area contributed by atoms with Crippen LogP contribution >= 0.6 is 0 Å². The molecule has 2 spiro atoms. The molecule has 5 heteroatoms. The van der Waals surface area contributed by atoms with E-state index in [4.69, 9.17) is 9.47 Å². The van der Waals surface area contributed by atoms with Crippen LogP contribution in [-0.2, 0) is 16.6 Å². The van der Waals surface area contributed by atoms with Gasteiger partial charge in [-0.15, -0.1) is 0 Å². The minimum atomic E-state index is -0.897. The fourth-order valence-electron chi connectivity index (χ4n) is 8.58. The van der Waals surface area contributed by atoms with Crippen molar-refractivity contribution in [3.8, 4) is 11.5 Å². The van der Waals surface area contributed by atoms with Gasteiger partial charge in [-0.3, -0.25) is 4.90 Å². The Bertz CT molecular complexity index is 1010. The van der Waals surface area contributed by atoms with E-state index in [9.17, 15) is 10.2 Å². The number of hydrogen-bond donors (Lipinski definition) is 2. The van der Waals surface area contributed by atoms with Gasteiger partial charge in [-0.1, -0.05) is 18.2 Å². The number of likely N-dealkylation sites (tertiary alicyclic amines) is 1. The number of nitrogens with zero attached hydrogens (tertiary/aromatic N) is 1. The first-order chi connectivity index (χ1) is 14.8. The first-order valence-corrected chi connectivity index (χ1v) is 12.0. The Morgan fingerprint density at radius 3 is 2.77 bits per heavy atom. The summed E-state index contributed by atoms with van der Waals surface area (Å²) in [6.45, 7) is 6.09. The summed E-state index contributed by atoms with van der Waals surface area (Å²) in [6, 6.07) is 4.33. The molecule has 1 aromatic carbocycles. The van der Waals surface area contributed by atoms with Crippen LogP contribution in [0.2, 0.25) is 0 Å². The molecule has 8 rings (SSSR count). The molecule has 1 aromatic rings. The Morgan fingerprint density at radius 1 is 1.26 bits per heavy atom. The molecule has 4 bridgehead atoms. The molecule has 0 radical (unpaired) electrons. The number of methoxy groups -OCH3 is 1. The topological polar surface area (TPSA) is 62.2 Å². The molecule has 5 nitrogen and oxygen atoms in total. The first-order valence-electron chi connectivity index (χ1n) is 12.0. The number of phenols is 1. The molecule has 0 amide bonds. The smallest absolute Gasteiger partial charge is 0.165 e. The number of aliphatic hydroxyl groups is 1. The lowest BCUT2D eigenvalue weighted by molar-refractivity contribution is -0.245. The minimum Gasteiger partial charge on any atom is -0.504 e. The average molecular weight is 424 g/mol. The quantitative estimate of drug-likeness (QED) is 0.729. The lowest BCUT2D eigenvalue weighted by Gasteiger charge is -2.72. The Morgan fingerprint density at radius 2 is 2.06 bits per heavy atom. The monoisotopic (exact) mass is 423 g/mol. The van der Waals surface area contributed by atoms with Gasteiger partial charge in [0.2, 0.25) is 0 Å². The number of benzene rings is 1. The van der Waals surface area contributed by atoms with E-state index in [1.54, 1.807) is 7.11 Å². The number of hydrogen-bond acceptors (Lipinski definition) is 5. The molecule has 7 aliphatic rings. The van der Waals surface area contributed by atoms with Crippen molar-refractivity contribution in [1.29, 1.82) is 0 Å². The van der Waals surface area contributed by atoms with Crippen molar-refractivity contribution >= 4 is 0 Å². The first kappa shape index (κ1) is 19.0. The summed E-state index contributed by atoms with van der Waals surface area (Å²) in [5, 5.41) is 22.1. The molecule has 2 heterocycles. The van der Waals surface area contributed by atoms with E-state index in [1.165, 1.54) is 30.5 Å². The van der Waals surface area contributed by atoms with E-state index < -0.39 is 11.2 Å². The third-order valence-electron chi connectivity index (χ3n) is 9.96. The Labute approximate surface area is 184 Å². The molecule has 166 valence electrons. The summed E-state index contributed by atoms with van der Waals surface area (Å²) in [7, 11) is 1.76. The molecular weight excluding hydrogens is 390 g/mol. The molecule has 0 aromatic heterocycles. The van der Waals surface area contributed by atoms with Gasteiger partial charge in [-0.25, -0.2) is 0 Å². The van der Waals surface area contributed by atoms with Gasteiger partial charge < -0.3 is 19.7 Å². The fraction of sp³-hybridized carbons (Fsp3) is 0.692. The van der Waals surface area contributed by atoms with Crippen LogP contribution in [0.3, 0.4) is 0 Å². The molecule has 5 aliphatic carbocycles. The molecule has 3 fully saturated rings. The average Bonchev–Trinajstić information content (AvgIpc) is 3.47. The second kappa shape index (κ2) is 5.49. The van der Waals surface area contributed by atoms with Gasteiger partial charge in [0, 0.05) is 36.6 Å². The van der Waals surface area contributed by atoms with Gasteiger partial charge in [0.05, 0.1) is 11.0 Å². The number of ether oxygens (including phenoxy) is 2. The molecule has 1 unspecified atom stereocenters. The van der Waals surface area contributed by atoms with Crippen LogP contribution in [0.4, 0.5) is 0 Å². The largest absolute Gasteiger partial charge is 0.504 e. The zero-order valence-corrected chi connectivity index (χ0v) is 18.7. The fourth-order valence-corrected chi connectivity index (χ4v) is 8.58. The van der Waals surface area contributed by atoms with Crippen molar-refractivity contribution in [2.24, 2.45) is 17.3 Å². The van der Waals surface area contributed by atoms with E-state index in [1.807, 2.05) is 19.9 Å². The van der Waals surface area contributed by atoms with Gasteiger partial charge in [0.15, 0.2) is 11.5 Å². The van der Waals surface area contributed by atoms with Crippen molar-refractivity contribution in [3.05, 3.63) is 35.4 Å². The maximum absolute atomic E-state index is 11.3. The van der Waals surface area contributed by atoms with Crippen LogP contribution in [0.15, 0.2) is 24.3 Å². The summed E-state index contributed by atoms with van der Waals surface area (Å²) in [5.41, 5.74) is 0.654. The van der Waals surface area contributed by atoms with Gasteiger partial charge in [-0.2, -0.15) is 0 Å². The van der Waals surface area contributed by atoms with E-state index in [0.29, 0.717) is 11.8 Å². The van der Waals surface area contributed by atoms with Gasteiger partial charge in [0.25, 0.3) is 0 Å². The van der Waals surface area contributed by atoms with Crippen LogP contribution in [0.5, 0.6) is 11.5 Å². The second-order valence-electron chi connectivity index (χ2n) is 11.7. The zero-order valence-electron chi connectivity index (χ0n) is 18.7. The maximum Gasteiger partial charge on any atom is 0.165 e. The molecule has 1 saturated heterocycles. The highest BCUT2D eigenvalue weighted by Gasteiger charge is 2.80. The van der Waals surface area contributed by atoms with Crippen LogP contribution < -0.4 is 4.74 Å². The van der Waals surface area contributed by atoms with Crippen LogP contribution in [0, 0.1) is 17.3 Å². The summed E-state index contributed by atoms with van der Waals surface area (Å²) < 4.78 is 13.1. The number of piperidine rings is 1. The van der Waals surface area contributed by atoms with Gasteiger partial charge in [-0.05, 0) is 70.0 Å². The van der Waals surface area contributed by atoms with Crippen LogP contribution in [0.25, 0.3) is 0 Å². The number of rotatable bonds is 4. The molecule has 31 heavy (non-hydrogen) atoms. The Balaban J connectivity index is 1.51. The number of phenolic OH excluding ortho intramolecular Hbond substituents is 1. The highest BCUT2D eigenvalue weighted by Crippen LogP contribution is 2.75. The molecule has 2 saturated carbocycles. The van der Waals surface area contributed by atoms with Gasteiger partial charge in [0.1, 0.15) is 11.7 Å². The van der Waals surface area contributed by atoms with Crippen molar-refractivity contribution in [3.63, 3.8) is 0 Å². The number of fused-ring (bicyclic) bond motifs is 1. The van der Waals surface area contributed by atoms with Crippen LogP contribution in [-0.4, -0.2) is 58.7 Å². The Kier molecular flexibility index (Phi) is 3.36. The molecule has 2 N–H and O–H groups in total. The van der Waals surface area contributed by atoms with Crippen LogP contribution in [0.1, 0.15) is 50.7 Å². The molecular formula is C26H33NO4. The van der Waals surface area contributed by atoms with E-state index in [-0.39, 0.29) is 28.6 Å². The van der Waals surface area contributed by atoms with E-state index >= 15 is 0 Å². The summed E-state index contributed by atoms with van der Waals surface area (Å²) in [4.78, 5) is 2.75. The Hall–Kier alpha value is -1.56. The van der Waals surface area contributed by atoms with E-state index in [2.05, 4.69) is 23.1 Å². The minimum absolute atomic E-state index is 0.0745.